The molecule has 2 aromatic heterocycles. The second-order valence-electron chi connectivity index (χ2n) is 7.64. The quantitative estimate of drug-likeness (QED) is 0.334. The van der Waals surface area contributed by atoms with E-state index in [1.807, 2.05) is 0 Å². The average Bonchev–Trinajstić information content (AvgIpc) is 3.29. The van der Waals surface area contributed by atoms with Crippen LogP contribution < -0.4 is 20.9 Å². The number of halogens is 1. The molecular weight excluding hydrogens is 457 g/mol. The molecule has 12 nitrogen and oxygen atoms in total. The maximum absolute atomic E-state index is 14.3. The largest absolute Gasteiger partial charge is 0.370 e. The van der Waals surface area contributed by atoms with Gasteiger partial charge in [0, 0.05) is 44.4 Å². The second kappa shape index (κ2) is 10.7. The number of hydrogen-bond donors (Lipinski definition) is 4. The molecule has 1 fully saturated rings. The summed E-state index contributed by atoms with van der Waals surface area (Å²) in [7, 11) is 1.55. The summed E-state index contributed by atoms with van der Waals surface area (Å²) in [6.45, 7) is 0.983. The van der Waals surface area contributed by atoms with Crippen LogP contribution in [0.1, 0.15) is 11.1 Å². The Morgan fingerprint density at radius 2 is 2.17 bits per heavy atom. The number of carbonyl (C=O) groups is 2. The number of anilines is 4. The zero-order chi connectivity index (χ0) is 24.8. The first-order chi connectivity index (χ1) is 16.9. The Morgan fingerprint density at radius 3 is 2.94 bits per heavy atom. The number of likely N-dealkylation sites (N-methyl/N-ethyl adjacent to an activating group) is 1. The molecule has 1 aromatic carbocycles. The second-order valence-corrected chi connectivity index (χ2v) is 7.64. The number of rotatable bonds is 9. The van der Waals surface area contributed by atoms with Gasteiger partial charge in [-0.1, -0.05) is 0 Å². The Balaban J connectivity index is 1.48. The lowest BCUT2D eigenvalue weighted by Gasteiger charge is -2.27. The molecule has 3 heterocycles. The van der Waals surface area contributed by atoms with Gasteiger partial charge in [0.2, 0.25) is 11.9 Å². The van der Waals surface area contributed by atoms with Crippen molar-refractivity contribution in [2.24, 2.45) is 0 Å². The van der Waals surface area contributed by atoms with Crippen molar-refractivity contribution in [3.63, 3.8) is 0 Å². The number of ether oxygens (including phenoxy) is 1. The van der Waals surface area contributed by atoms with Crippen LogP contribution in [0.5, 0.6) is 0 Å². The van der Waals surface area contributed by atoms with Gasteiger partial charge in [0.15, 0.2) is 0 Å². The smallest absolute Gasteiger partial charge is 0.253 e. The predicted octanol–water partition coefficient (Wildman–Crippen LogP) is 1.27. The van der Waals surface area contributed by atoms with Crippen LogP contribution in [0.3, 0.4) is 0 Å². The number of nitrogens with one attached hydrogen (secondary N) is 4. The van der Waals surface area contributed by atoms with E-state index in [4.69, 9.17) is 10.1 Å². The van der Waals surface area contributed by atoms with Gasteiger partial charge in [-0.05, 0) is 23.8 Å². The highest BCUT2D eigenvalue weighted by molar-refractivity contribution is 5.95. The Hall–Kier alpha value is -4.39. The topological polar surface area (TPSA) is 150 Å². The Morgan fingerprint density at radius 1 is 1.31 bits per heavy atom. The van der Waals surface area contributed by atoms with Crippen molar-refractivity contribution in [2.75, 3.05) is 42.3 Å². The third-order valence-electron chi connectivity index (χ3n) is 5.15. The molecule has 0 aliphatic carbocycles. The number of hydrogen-bond acceptors (Lipinski definition) is 9. The lowest BCUT2D eigenvalue weighted by Crippen LogP contribution is -2.41. The number of aromatic nitrogens is 4. The fourth-order valence-electron chi connectivity index (χ4n) is 3.44. The summed E-state index contributed by atoms with van der Waals surface area (Å²) in [6.07, 6.45) is 5.75. The van der Waals surface area contributed by atoms with E-state index < -0.39 is 5.82 Å². The number of carbonyl (C=O) groups excluding carboxylic acids is 2. The summed E-state index contributed by atoms with van der Waals surface area (Å²) in [5.41, 5.74) is 2.07. The van der Waals surface area contributed by atoms with E-state index in [1.54, 1.807) is 19.3 Å². The van der Waals surface area contributed by atoms with E-state index >= 15 is 0 Å². The summed E-state index contributed by atoms with van der Waals surface area (Å²) < 4.78 is 20.9. The van der Waals surface area contributed by atoms with Gasteiger partial charge in [0.25, 0.3) is 5.91 Å². The summed E-state index contributed by atoms with van der Waals surface area (Å²) in [5.74, 6) is -0.266. The number of amides is 2. The molecule has 0 radical (unpaired) electrons. The number of morpholine rings is 1. The molecule has 13 heteroatoms. The van der Waals surface area contributed by atoms with Crippen molar-refractivity contribution in [1.82, 2.24) is 25.1 Å². The van der Waals surface area contributed by atoms with Gasteiger partial charge in [0.1, 0.15) is 24.8 Å². The van der Waals surface area contributed by atoms with Crippen LogP contribution in [0, 0.1) is 11.2 Å². The molecule has 1 saturated heterocycles. The Labute approximate surface area is 200 Å². The summed E-state index contributed by atoms with van der Waals surface area (Å²) in [5, 5.41) is 20.4. The fraction of sp³-hybridized carbons (Fsp3) is 0.273. The first-order valence-corrected chi connectivity index (χ1v) is 10.7. The molecule has 1 aliphatic heterocycles. The van der Waals surface area contributed by atoms with E-state index in [-0.39, 0.29) is 37.5 Å². The first kappa shape index (κ1) is 23.8. The standard InChI is InChI=1S/C22H24FN9O3/c1-25-19(33)12-31-11-17(10-28-31)29-22-27-9-15(7-24)21(30-22)26-8-14-4-16(23)6-18(5-14)32-2-3-35-13-20(32)34/h4-7,9-11,24H,2-3,8,12-13H2,1H3,(H,25,33)(H2,26,27,29,30). The van der Waals surface area contributed by atoms with Gasteiger partial charge in [0.05, 0.1) is 24.1 Å². The minimum atomic E-state index is -0.468. The molecule has 4 rings (SSSR count). The Kier molecular flexibility index (Phi) is 7.26. The average molecular weight is 481 g/mol. The van der Waals surface area contributed by atoms with Crippen LogP contribution in [0.2, 0.25) is 0 Å². The van der Waals surface area contributed by atoms with E-state index in [0.29, 0.717) is 41.5 Å². The highest BCUT2D eigenvalue weighted by Crippen LogP contribution is 2.22. The van der Waals surface area contributed by atoms with Gasteiger partial charge >= 0.3 is 0 Å². The zero-order valence-corrected chi connectivity index (χ0v) is 18.9. The van der Waals surface area contributed by atoms with Crippen LogP contribution in [-0.4, -0.2) is 64.6 Å². The van der Waals surface area contributed by atoms with Gasteiger partial charge in [-0.25, -0.2) is 9.37 Å². The zero-order valence-electron chi connectivity index (χ0n) is 18.9. The molecule has 2 amide bonds. The van der Waals surface area contributed by atoms with E-state index in [0.717, 1.165) is 6.21 Å². The normalized spacial score (nSPS) is 13.4. The van der Waals surface area contributed by atoms with Gasteiger partial charge in [-0.3, -0.25) is 14.3 Å². The monoisotopic (exact) mass is 481 g/mol. The van der Waals surface area contributed by atoms with Crippen LogP contribution in [0.15, 0.2) is 36.8 Å². The number of benzene rings is 1. The molecule has 0 bridgehead atoms. The summed E-state index contributed by atoms with van der Waals surface area (Å²) >= 11 is 0. The SMILES string of the molecule is CNC(=O)Cn1cc(Nc2ncc(C=N)c(NCc3cc(F)cc(N4CCOCC4=O)c3)n2)cn1. The van der Waals surface area contributed by atoms with Crippen LogP contribution in [0.4, 0.5) is 27.5 Å². The maximum atomic E-state index is 14.3. The van der Waals surface area contributed by atoms with E-state index in [9.17, 15) is 14.0 Å². The fourth-order valence-corrected chi connectivity index (χ4v) is 3.44. The molecule has 0 saturated carbocycles. The van der Waals surface area contributed by atoms with E-state index in [2.05, 4.69) is 31.0 Å². The van der Waals surface area contributed by atoms with Crippen molar-refractivity contribution in [3.05, 3.63) is 53.7 Å². The molecular formula is C22H24FN9O3. The molecule has 0 atom stereocenters. The lowest BCUT2D eigenvalue weighted by molar-refractivity contribution is -0.125. The van der Waals surface area contributed by atoms with Gasteiger partial charge < -0.3 is 31.0 Å². The van der Waals surface area contributed by atoms with Crippen molar-refractivity contribution < 1.29 is 18.7 Å². The maximum Gasteiger partial charge on any atom is 0.253 e. The van der Waals surface area contributed by atoms with Crippen molar-refractivity contribution in [1.29, 1.82) is 5.41 Å². The molecule has 182 valence electrons. The highest BCUT2D eigenvalue weighted by Gasteiger charge is 2.21. The number of nitrogens with zero attached hydrogens (tertiary/aromatic N) is 5. The van der Waals surface area contributed by atoms with Crippen LogP contribution in [-0.2, 0) is 27.4 Å². The molecule has 35 heavy (non-hydrogen) atoms. The summed E-state index contributed by atoms with van der Waals surface area (Å²) in [4.78, 5) is 33.7. The van der Waals surface area contributed by atoms with Crippen LogP contribution in [0.25, 0.3) is 0 Å². The molecule has 0 spiro atoms. The molecule has 0 unspecified atom stereocenters. The Bertz CT molecular complexity index is 1250. The predicted molar refractivity (Wildman–Crippen MR) is 126 cm³/mol. The minimum Gasteiger partial charge on any atom is -0.370 e. The van der Waals surface area contributed by atoms with E-state index in [1.165, 1.54) is 34.1 Å². The van der Waals surface area contributed by atoms with Crippen molar-refractivity contribution >= 4 is 41.2 Å². The summed E-state index contributed by atoms with van der Waals surface area (Å²) in [6, 6.07) is 4.41. The van der Waals surface area contributed by atoms with Crippen molar-refractivity contribution in [2.45, 2.75) is 13.1 Å². The third kappa shape index (κ3) is 5.95. The molecule has 3 aromatic rings. The minimum absolute atomic E-state index is 0.0335. The lowest BCUT2D eigenvalue weighted by atomic mass is 10.1. The van der Waals surface area contributed by atoms with Crippen molar-refractivity contribution in [3.8, 4) is 0 Å². The third-order valence-corrected chi connectivity index (χ3v) is 5.15. The first-order valence-electron chi connectivity index (χ1n) is 10.7. The van der Waals surface area contributed by atoms with Crippen LogP contribution >= 0.6 is 0 Å². The van der Waals surface area contributed by atoms with Gasteiger partial charge in [-0.15, -0.1) is 0 Å². The molecule has 4 N–H and O–H groups in total. The highest BCUT2D eigenvalue weighted by atomic mass is 19.1. The molecule has 1 aliphatic rings. The van der Waals surface area contributed by atoms with Gasteiger partial charge in [-0.2, -0.15) is 10.1 Å².